The first-order chi connectivity index (χ1) is 10.4. The van der Waals surface area contributed by atoms with E-state index in [-0.39, 0.29) is 11.7 Å². The molecule has 0 unspecified atom stereocenters. The molecule has 0 aliphatic heterocycles. The van der Waals surface area contributed by atoms with Gasteiger partial charge in [-0.2, -0.15) is 0 Å². The average Bonchev–Trinajstić information content (AvgIpc) is 2.46. The fraction of sp³-hybridized carbons (Fsp3) is 0.278. The summed E-state index contributed by atoms with van der Waals surface area (Å²) in [6.07, 6.45) is 1.05. The Morgan fingerprint density at radius 1 is 1.09 bits per heavy atom. The quantitative estimate of drug-likeness (QED) is 0.866. The van der Waals surface area contributed by atoms with Crippen LogP contribution in [0.1, 0.15) is 31.4 Å². The van der Waals surface area contributed by atoms with Crippen LogP contribution in [0.15, 0.2) is 48.5 Å². The van der Waals surface area contributed by atoms with Crippen LogP contribution in [0.3, 0.4) is 0 Å². The van der Waals surface area contributed by atoms with E-state index in [9.17, 15) is 9.18 Å². The summed E-state index contributed by atoms with van der Waals surface area (Å²) in [5.74, 6) is -0.321. The Balaban J connectivity index is 1.92. The maximum absolute atomic E-state index is 13.0. The first-order valence-corrected chi connectivity index (χ1v) is 7.56. The topological polar surface area (TPSA) is 29.1 Å². The predicted octanol–water partition coefficient (Wildman–Crippen LogP) is 4.46. The number of rotatable bonds is 5. The van der Waals surface area contributed by atoms with Crippen molar-refractivity contribution in [3.8, 4) is 0 Å². The monoisotopic (exact) mass is 319 g/mol. The van der Waals surface area contributed by atoms with E-state index in [0.717, 1.165) is 11.1 Å². The zero-order chi connectivity index (χ0) is 16.2. The highest BCUT2D eigenvalue weighted by Gasteiger charge is 2.22. The standard InChI is InChI=1S/C18H19ClFNO/c1-18(2,14-6-10-16(20)11-7-14)21-17(22)12-5-13-3-8-15(19)9-4-13/h3-4,6-11H,5,12H2,1-2H3,(H,21,22). The predicted molar refractivity (Wildman–Crippen MR) is 87.3 cm³/mol. The number of hydrogen-bond donors (Lipinski definition) is 1. The highest BCUT2D eigenvalue weighted by atomic mass is 35.5. The van der Waals surface area contributed by atoms with Gasteiger partial charge >= 0.3 is 0 Å². The summed E-state index contributed by atoms with van der Waals surface area (Å²) < 4.78 is 13.0. The maximum Gasteiger partial charge on any atom is 0.221 e. The third-order valence-corrected chi connectivity index (χ3v) is 3.82. The van der Waals surface area contributed by atoms with Crippen LogP contribution in [0.2, 0.25) is 5.02 Å². The molecule has 0 aliphatic carbocycles. The van der Waals surface area contributed by atoms with E-state index in [1.807, 2.05) is 38.1 Å². The van der Waals surface area contributed by atoms with Gasteiger partial charge in [0, 0.05) is 11.4 Å². The van der Waals surface area contributed by atoms with Crippen LogP contribution in [0.5, 0.6) is 0 Å². The number of benzene rings is 2. The second kappa shape index (κ2) is 6.93. The minimum atomic E-state index is -0.537. The third-order valence-electron chi connectivity index (χ3n) is 3.57. The number of aryl methyl sites for hydroxylation is 1. The summed E-state index contributed by atoms with van der Waals surface area (Å²) in [4.78, 5) is 12.1. The van der Waals surface area contributed by atoms with Gasteiger partial charge in [0.05, 0.1) is 5.54 Å². The molecule has 0 spiro atoms. The molecule has 0 aromatic heterocycles. The summed E-state index contributed by atoms with van der Waals surface area (Å²) >= 11 is 5.83. The Morgan fingerprint density at radius 2 is 1.68 bits per heavy atom. The Hall–Kier alpha value is -1.87. The van der Waals surface area contributed by atoms with Gasteiger partial charge in [0.15, 0.2) is 0 Å². The molecule has 2 aromatic carbocycles. The van der Waals surface area contributed by atoms with Crippen LogP contribution < -0.4 is 5.32 Å². The van der Waals surface area contributed by atoms with Crippen molar-refractivity contribution in [3.05, 3.63) is 70.5 Å². The summed E-state index contributed by atoms with van der Waals surface area (Å²) in [5, 5.41) is 3.67. The summed E-state index contributed by atoms with van der Waals surface area (Å²) in [6.45, 7) is 3.81. The lowest BCUT2D eigenvalue weighted by molar-refractivity contribution is -0.122. The molecule has 0 radical (unpaired) electrons. The van der Waals surface area contributed by atoms with Crippen LogP contribution in [-0.4, -0.2) is 5.91 Å². The van der Waals surface area contributed by atoms with E-state index in [1.165, 1.54) is 12.1 Å². The van der Waals surface area contributed by atoms with Gasteiger partial charge in [-0.25, -0.2) is 4.39 Å². The average molecular weight is 320 g/mol. The number of carbonyl (C=O) groups is 1. The minimum absolute atomic E-state index is 0.0377. The fourth-order valence-corrected chi connectivity index (χ4v) is 2.38. The molecule has 0 fully saturated rings. The second-order valence-corrected chi connectivity index (χ2v) is 6.24. The highest BCUT2D eigenvalue weighted by Crippen LogP contribution is 2.20. The van der Waals surface area contributed by atoms with Gasteiger partial charge in [-0.05, 0) is 55.7 Å². The molecule has 1 N–H and O–H groups in total. The smallest absolute Gasteiger partial charge is 0.221 e. The van der Waals surface area contributed by atoms with Gasteiger partial charge in [0.2, 0.25) is 5.91 Å². The van der Waals surface area contributed by atoms with E-state index >= 15 is 0 Å². The molecule has 0 saturated heterocycles. The van der Waals surface area contributed by atoms with Crippen LogP contribution in [0.4, 0.5) is 4.39 Å². The molecule has 0 bridgehead atoms. The van der Waals surface area contributed by atoms with Crippen molar-refractivity contribution in [3.63, 3.8) is 0 Å². The number of halogens is 2. The van der Waals surface area contributed by atoms with Gasteiger partial charge in [-0.3, -0.25) is 4.79 Å². The zero-order valence-corrected chi connectivity index (χ0v) is 13.5. The molecule has 116 valence electrons. The summed E-state index contributed by atoms with van der Waals surface area (Å²) in [5.41, 5.74) is 1.40. The second-order valence-electron chi connectivity index (χ2n) is 5.81. The largest absolute Gasteiger partial charge is 0.347 e. The van der Waals surface area contributed by atoms with Crippen molar-refractivity contribution >= 4 is 17.5 Å². The molecular weight excluding hydrogens is 301 g/mol. The van der Waals surface area contributed by atoms with Crippen LogP contribution in [0.25, 0.3) is 0 Å². The van der Waals surface area contributed by atoms with Gasteiger partial charge < -0.3 is 5.32 Å². The van der Waals surface area contributed by atoms with Crippen LogP contribution in [0, 0.1) is 5.82 Å². The van der Waals surface area contributed by atoms with Crippen LogP contribution >= 0.6 is 11.6 Å². The number of carbonyl (C=O) groups excluding carboxylic acids is 1. The van der Waals surface area contributed by atoms with Crippen molar-refractivity contribution in [2.75, 3.05) is 0 Å². The molecular formula is C18H19ClFNO. The molecule has 2 rings (SSSR count). The van der Waals surface area contributed by atoms with E-state index in [0.29, 0.717) is 17.9 Å². The Kier molecular flexibility index (Phi) is 5.19. The van der Waals surface area contributed by atoms with E-state index in [4.69, 9.17) is 11.6 Å². The lowest BCUT2D eigenvalue weighted by Crippen LogP contribution is -2.41. The fourth-order valence-electron chi connectivity index (χ4n) is 2.26. The molecule has 2 aromatic rings. The van der Waals surface area contributed by atoms with Crippen molar-refractivity contribution < 1.29 is 9.18 Å². The lowest BCUT2D eigenvalue weighted by Gasteiger charge is -2.27. The van der Waals surface area contributed by atoms with Crippen molar-refractivity contribution in [2.24, 2.45) is 0 Å². The molecule has 1 amide bonds. The Morgan fingerprint density at radius 3 is 2.27 bits per heavy atom. The van der Waals surface area contributed by atoms with E-state index in [1.54, 1.807) is 12.1 Å². The van der Waals surface area contributed by atoms with Crippen molar-refractivity contribution in [1.82, 2.24) is 5.32 Å². The maximum atomic E-state index is 13.0. The molecule has 0 heterocycles. The third kappa shape index (κ3) is 4.57. The van der Waals surface area contributed by atoms with Crippen LogP contribution in [-0.2, 0) is 16.8 Å². The molecule has 0 atom stereocenters. The molecule has 0 aliphatic rings. The van der Waals surface area contributed by atoms with E-state index < -0.39 is 5.54 Å². The first kappa shape index (κ1) is 16.5. The normalized spacial score (nSPS) is 11.3. The SMILES string of the molecule is CC(C)(NC(=O)CCc1ccc(Cl)cc1)c1ccc(F)cc1. The molecule has 2 nitrogen and oxygen atoms in total. The molecule has 4 heteroatoms. The number of hydrogen-bond acceptors (Lipinski definition) is 1. The Bertz CT molecular complexity index is 635. The van der Waals surface area contributed by atoms with E-state index in [2.05, 4.69) is 5.32 Å². The van der Waals surface area contributed by atoms with Gasteiger partial charge in [0.1, 0.15) is 5.82 Å². The minimum Gasteiger partial charge on any atom is -0.347 e. The Labute approximate surface area is 135 Å². The molecule has 0 saturated carbocycles. The van der Waals surface area contributed by atoms with Gasteiger partial charge in [-0.15, -0.1) is 0 Å². The number of amides is 1. The lowest BCUT2D eigenvalue weighted by atomic mass is 9.94. The number of nitrogens with one attached hydrogen (secondary N) is 1. The summed E-state index contributed by atoms with van der Waals surface area (Å²) in [6, 6.07) is 13.6. The van der Waals surface area contributed by atoms with Gasteiger partial charge in [0.25, 0.3) is 0 Å². The van der Waals surface area contributed by atoms with Crippen molar-refractivity contribution in [1.29, 1.82) is 0 Å². The van der Waals surface area contributed by atoms with Crippen molar-refractivity contribution in [2.45, 2.75) is 32.2 Å². The van der Waals surface area contributed by atoms with Gasteiger partial charge in [-0.1, -0.05) is 35.9 Å². The molecule has 22 heavy (non-hydrogen) atoms. The zero-order valence-electron chi connectivity index (χ0n) is 12.7. The first-order valence-electron chi connectivity index (χ1n) is 7.18. The highest BCUT2D eigenvalue weighted by molar-refractivity contribution is 6.30. The summed E-state index contributed by atoms with van der Waals surface area (Å²) in [7, 11) is 0.